The molecule has 1 N–H and O–H groups in total. The number of fused-ring (bicyclic) bond motifs is 2. The van der Waals surface area contributed by atoms with Crippen LogP contribution in [0.25, 0.3) is 21.7 Å². The molecule has 0 unspecified atom stereocenters. The molecule has 0 saturated carbocycles. The lowest BCUT2D eigenvalue weighted by atomic mass is 10.2. The van der Waals surface area contributed by atoms with E-state index >= 15 is 0 Å². The number of nitrogens with one attached hydrogen (secondary N) is 1. The van der Waals surface area contributed by atoms with Gasteiger partial charge < -0.3 is 0 Å². The van der Waals surface area contributed by atoms with Gasteiger partial charge in [-0.25, -0.2) is 12.8 Å². The van der Waals surface area contributed by atoms with Gasteiger partial charge in [-0.3, -0.25) is 9.71 Å². The molecule has 0 aliphatic rings. The SMILES string of the molecule is O=S(=O)(Nc1ccc2nscc2c1)c1ccc(F)c2cnccc12. The van der Waals surface area contributed by atoms with E-state index in [4.69, 9.17) is 0 Å². The molecule has 5 nitrogen and oxygen atoms in total. The summed E-state index contributed by atoms with van der Waals surface area (Å²) in [6, 6.07) is 8.97. The maximum absolute atomic E-state index is 13.9. The molecule has 0 atom stereocenters. The highest BCUT2D eigenvalue weighted by Gasteiger charge is 2.19. The molecule has 120 valence electrons. The summed E-state index contributed by atoms with van der Waals surface area (Å²) in [5, 5.41) is 3.15. The van der Waals surface area contributed by atoms with Crippen LogP contribution in [-0.4, -0.2) is 17.8 Å². The first kappa shape index (κ1) is 15.0. The number of anilines is 1. The van der Waals surface area contributed by atoms with E-state index in [2.05, 4.69) is 14.1 Å². The molecule has 0 bridgehead atoms. The Kier molecular flexibility index (Phi) is 3.43. The average Bonchev–Trinajstić information content (AvgIpc) is 3.02. The summed E-state index contributed by atoms with van der Waals surface area (Å²) in [7, 11) is -3.87. The zero-order valence-electron chi connectivity index (χ0n) is 12.1. The van der Waals surface area contributed by atoms with E-state index < -0.39 is 15.8 Å². The van der Waals surface area contributed by atoms with Crippen molar-refractivity contribution in [1.29, 1.82) is 0 Å². The highest BCUT2D eigenvalue weighted by atomic mass is 32.2. The fourth-order valence-electron chi connectivity index (χ4n) is 2.51. The number of halogens is 1. The van der Waals surface area contributed by atoms with Gasteiger partial charge >= 0.3 is 0 Å². The van der Waals surface area contributed by atoms with Crippen LogP contribution < -0.4 is 4.72 Å². The molecule has 4 aromatic rings. The Bertz CT molecular complexity index is 1170. The van der Waals surface area contributed by atoms with Crippen LogP contribution in [0.2, 0.25) is 0 Å². The standard InChI is InChI=1S/C16H10FN3O2S2/c17-14-2-4-16(12-5-6-18-8-13(12)14)24(21,22)20-11-1-3-15-10(7-11)9-23-19-15/h1-9,20H. The average molecular weight is 359 g/mol. The lowest BCUT2D eigenvalue weighted by molar-refractivity contribution is 0.601. The van der Waals surface area contributed by atoms with Crippen molar-refractivity contribution in [3.05, 3.63) is 60.0 Å². The number of hydrogen-bond donors (Lipinski definition) is 1. The van der Waals surface area contributed by atoms with Gasteiger partial charge in [-0.05, 0) is 47.9 Å². The third-order valence-electron chi connectivity index (χ3n) is 3.62. The van der Waals surface area contributed by atoms with Crippen molar-refractivity contribution in [1.82, 2.24) is 9.36 Å². The van der Waals surface area contributed by atoms with E-state index in [0.717, 1.165) is 17.0 Å². The Balaban J connectivity index is 1.81. The Hall–Kier alpha value is -2.58. The van der Waals surface area contributed by atoms with Crippen LogP contribution >= 0.6 is 11.5 Å². The van der Waals surface area contributed by atoms with Crippen molar-refractivity contribution in [3.8, 4) is 0 Å². The summed E-state index contributed by atoms with van der Waals surface area (Å²) in [6.07, 6.45) is 2.75. The van der Waals surface area contributed by atoms with E-state index in [-0.39, 0.29) is 15.7 Å². The summed E-state index contributed by atoms with van der Waals surface area (Å²) in [5.41, 5.74) is 1.23. The minimum atomic E-state index is -3.87. The fraction of sp³-hybridized carbons (Fsp3) is 0. The van der Waals surface area contributed by atoms with Gasteiger partial charge in [0, 0.05) is 39.6 Å². The first-order valence-corrected chi connectivity index (χ1v) is 9.26. The summed E-state index contributed by atoms with van der Waals surface area (Å²) in [4.78, 5) is 3.85. The van der Waals surface area contributed by atoms with Gasteiger partial charge in [0.15, 0.2) is 0 Å². The molecule has 24 heavy (non-hydrogen) atoms. The predicted molar refractivity (Wildman–Crippen MR) is 92.1 cm³/mol. The van der Waals surface area contributed by atoms with E-state index in [1.54, 1.807) is 18.2 Å². The van der Waals surface area contributed by atoms with Crippen molar-refractivity contribution in [2.75, 3.05) is 4.72 Å². The van der Waals surface area contributed by atoms with Crippen LogP contribution in [0.1, 0.15) is 0 Å². The number of aromatic nitrogens is 2. The monoisotopic (exact) mass is 359 g/mol. The smallest absolute Gasteiger partial charge is 0.262 e. The number of pyridine rings is 1. The zero-order chi connectivity index (χ0) is 16.7. The lowest BCUT2D eigenvalue weighted by Gasteiger charge is -2.11. The third-order valence-corrected chi connectivity index (χ3v) is 5.73. The maximum atomic E-state index is 13.9. The van der Waals surface area contributed by atoms with Gasteiger partial charge in [-0.1, -0.05) is 0 Å². The minimum absolute atomic E-state index is 0.00448. The van der Waals surface area contributed by atoms with E-state index in [1.165, 1.54) is 36.1 Å². The predicted octanol–water partition coefficient (Wildman–Crippen LogP) is 3.78. The Morgan fingerprint density at radius 1 is 1.08 bits per heavy atom. The molecular formula is C16H10FN3O2S2. The molecular weight excluding hydrogens is 349 g/mol. The molecule has 0 spiro atoms. The summed E-state index contributed by atoms with van der Waals surface area (Å²) >= 11 is 1.30. The second-order valence-corrected chi connectivity index (χ2v) is 7.44. The van der Waals surface area contributed by atoms with Crippen molar-refractivity contribution in [3.63, 3.8) is 0 Å². The maximum Gasteiger partial charge on any atom is 0.262 e. The zero-order valence-corrected chi connectivity index (χ0v) is 13.7. The molecule has 2 heterocycles. The van der Waals surface area contributed by atoms with E-state index in [9.17, 15) is 12.8 Å². The molecule has 4 rings (SSSR count). The van der Waals surface area contributed by atoms with E-state index in [0.29, 0.717) is 5.69 Å². The molecule has 0 radical (unpaired) electrons. The summed E-state index contributed by atoms with van der Waals surface area (Å²) in [6.45, 7) is 0. The van der Waals surface area contributed by atoms with Crippen LogP contribution in [0.4, 0.5) is 10.1 Å². The van der Waals surface area contributed by atoms with E-state index in [1.807, 2.05) is 5.38 Å². The Labute approximate surface area is 141 Å². The second kappa shape index (κ2) is 5.50. The van der Waals surface area contributed by atoms with Crippen LogP contribution in [0.5, 0.6) is 0 Å². The van der Waals surface area contributed by atoms with Gasteiger partial charge in [0.25, 0.3) is 10.0 Å². The minimum Gasteiger partial charge on any atom is -0.280 e. The first-order valence-electron chi connectivity index (χ1n) is 6.94. The number of hydrogen-bond acceptors (Lipinski definition) is 5. The molecule has 0 fully saturated rings. The largest absolute Gasteiger partial charge is 0.280 e. The van der Waals surface area contributed by atoms with Crippen molar-refractivity contribution in [2.45, 2.75) is 4.90 Å². The lowest BCUT2D eigenvalue weighted by Crippen LogP contribution is -2.13. The molecule has 8 heteroatoms. The summed E-state index contributed by atoms with van der Waals surface area (Å²) in [5.74, 6) is -0.511. The van der Waals surface area contributed by atoms with Crippen LogP contribution in [0, 0.1) is 5.82 Å². The van der Waals surface area contributed by atoms with Gasteiger partial charge in [-0.15, -0.1) is 0 Å². The fourth-order valence-corrected chi connectivity index (χ4v) is 4.40. The third kappa shape index (κ3) is 2.49. The molecule has 0 saturated heterocycles. The molecule has 0 aliphatic heterocycles. The van der Waals surface area contributed by atoms with Crippen molar-refractivity contribution < 1.29 is 12.8 Å². The van der Waals surface area contributed by atoms with Gasteiger partial charge in [0.1, 0.15) is 5.82 Å². The topological polar surface area (TPSA) is 72.0 Å². The Morgan fingerprint density at radius 3 is 2.83 bits per heavy atom. The normalized spacial score (nSPS) is 11.9. The Morgan fingerprint density at radius 2 is 1.96 bits per heavy atom. The van der Waals surface area contributed by atoms with Crippen LogP contribution in [0.15, 0.2) is 59.1 Å². The number of rotatable bonds is 3. The second-order valence-electron chi connectivity index (χ2n) is 5.16. The number of sulfonamides is 1. The van der Waals surface area contributed by atoms with Gasteiger partial charge in [0.05, 0.1) is 10.4 Å². The first-order chi connectivity index (χ1) is 11.5. The quantitative estimate of drug-likeness (QED) is 0.604. The molecule has 0 aliphatic carbocycles. The van der Waals surface area contributed by atoms with Crippen molar-refractivity contribution >= 4 is 48.9 Å². The van der Waals surface area contributed by atoms with Crippen LogP contribution in [0.3, 0.4) is 0 Å². The number of benzene rings is 2. The molecule has 2 aromatic carbocycles. The highest BCUT2D eigenvalue weighted by molar-refractivity contribution is 7.93. The number of nitrogens with zero attached hydrogens (tertiary/aromatic N) is 2. The molecule has 2 aromatic heterocycles. The van der Waals surface area contributed by atoms with Gasteiger partial charge in [0.2, 0.25) is 0 Å². The molecule has 0 amide bonds. The highest BCUT2D eigenvalue weighted by Crippen LogP contribution is 2.27. The van der Waals surface area contributed by atoms with Crippen LogP contribution in [-0.2, 0) is 10.0 Å². The van der Waals surface area contributed by atoms with Crippen molar-refractivity contribution in [2.24, 2.45) is 0 Å². The van der Waals surface area contributed by atoms with Gasteiger partial charge in [-0.2, -0.15) is 4.37 Å². The summed E-state index contributed by atoms with van der Waals surface area (Å²) < 4.78 is 46.0.